The number of allylic oxidation sites excluding steroid dienone is 1. The maximum Gasteiger partial charge on any atom is 0.181 e. The zero-order valence-corrected chi connectivity index (χ0v) is 14.4. The Balaban J connectivity index is 1.68. The average Bonchev–Trinajstić information content (AvgIpc) is 3.37. The molecule has 0 saturated carbocycles. The molecule has 1 atom stereocenters. The van der Waals surface area contributed by atoms with Gasteiger partial charge in [-0.25, -0.2) is 9.37 Å². The summed E-state index contributed by atoms with van der Waals surface area (Å²) >= 11 is 0. The molecule has 0 fully saturated rings. The van der Waals surface area contributed by atoms with Crippen LogP contribution >= 0.6 is 0 Å². The lowest BCUT2D eigenvalue weighted by molar-refractivity contribution is 0.569. The van der Waals surface area contributed by atoms with Crippen LogP contribution in [0.1, 0.15) is 22.4 Å². The highest BCUT2D eigenvalue weighted by molar-refractivity contribution is 5.74. The van der Waals surface area contributed by atoms with Gasteiger partial charge in [-0.15, -0.1) is 0 Å². The number of halogens is 1. The number of nitrogens with zero attached hydrogens (tertiary/aromatic N) is 2. The smallest absolute Gasteiger partial charge is 0.181 e. The van der Waals surface area contributed by atoms with Crippen molar-refractivity contribution in [2.45, 2.75) is 11.8 Å². The summed E-state index contributed by atoms with van der Waals surface area (Å²) < 4.78 is 19.4. The van der Waals surface area contributed by atoms with Gasteiger partial charge in [-0.2, -0.15) is 5.10 Å². The van der Waals surface area contributed by atoms with Crippen LogP contribution in [0.3, 0.4) is 0 Å². The van der Waals surface area contributed by atoms with Crippen LogP contribution in [0.5, 0.6) is 0 Å². The van der Waals surface area contributed by atoms with E-state index in [2.05, 4.69) is 33.4 Å². The second-order valence-electron chi connectivity index (χ2n) is 6.69. The molecule has 4 nitrogen and oxygen atoms in total. The molecule has 2 aromatic heterocycles. The average molecular weight is 357 g/mol. The molecule has 0 spiro atoms. The van der Waals surface area contributed by atoms with E-state index in [-0.39, 0.29) is 5.82 Å². The Morgan fingerprint density at radius 2 is 1.89 bits per heavy atom. The molecule has 5 heteroatoms. The van der Waals surface area contributed by atoms with E-state index in [1.807, 2.05) is 30.3 Å². The third kappa shape index (κ3) is 2.51. The lowest BCUT2D eigenvalue weighted by atomic mass is 9.68. The van der Waals surface area contributed by atoms with Gasteiger partial charge in [0, 0.05) is 23.1 Å². The second kappa shape index (κ2) is 6.06. The Kier molecular flexibility index (Phi) is 3.53. The van der Waals surface area contributed by atoms with Gasteiger partial charge in [-0.1, -0.05) is 54.6 Å². The fourth-order valence-corrected chi connectivity index (χ4v) is 3.85. The number of oxazole rings is 1. The fraction of sp³-hybridized carbons (Fsp3) is 0.0909. The van der Waals surface area contributed by atoms with Crippen molar-refractivity contribution in [1.29, 1.82) is 0 Å². The van der Waals surface area contributed by atoms with Gasteiger partial charge in [-0.3, -0.25) is 5.10 Å². The molecule has 1 aliphatic rings. The second-order valence-corrected chi connectivity index (χ2v) is 6.69. The number of hydrogen-bond acceptors (Lipinski definition) is 3. The standard InChI is InChI=1S/C22H16FN3O/c23-17-8-4-7-16(11-17)22(15-5-2-1-3-6-15)10-9-18-19(12-22)25-26-21(18)20-13-24-14-27-20/h1-11,13-14H,12H2,(H,25,26). The van der Waals surface area contributed by atoms with Crippen LogP contribution in [0.2, 0.25) is 0 Å². The molecule has 2 heterocycles. The number of aromatic nitrogens is 3. The third-order valence-corrected chi connectivity index (χ3v) is 5.17. The summed E-state index contributed by atoms with van der Waals surface area (Å²) in [7, 11) is 0. The van der Waals surface area contributed by atoms with Gasteiger partial charge < -0.3 is 4.42 Å². The highest BCUT2D eigenvalue weighted by Crippen LogP contribution is 2.43. The normalized spacial score (nSPS) is 18.4. The van der Waals surface area contributed by atoms with Crippen molar-refractivity contribution in [3.05, 3.63) is 101 Å². The summed E-state index contributed by atoms with van der Waals surface area (Å²) in [5.74, 6) is 0.379. The first-order valence-electron chi connectivity index (χ1n) is 8.73. The fourth-order valence-electron chi connectivity index (χ4n) is 3.85. The number of fused-ring (bicyclic) bond motifs is 1. The van der Waals surface area contributed by atoms with Crippen LogP contribution in [0.15, 0.2) is 77.7 Å². The molecule has 4 aromatic rings. The van der Waals surface area contributed by atoms with Crippen LogP contribution < -0.4 is 0 Å². The van der Waals surface area contributed by atoms with Gasteiger partial charge in [0.05, 0.1) is 6.20 Å². The van der Waals surface area contributed by atoms with E-state index in [1.54, 1.807) is 18.3 Å². The Hall–Kier alpha value is -3.47. The Morgan fingerprint density at radius 3 is 2.67 bits per heavy atom. The maximum atomic E-state index is 14.0. The molecule has 0 bridgehead atoms. The lowest BCUT2D eigenvalue weighted by Crippen LogP contribution is -2.30. The zero-order valence-electron chi connectivity index (χ0n) is 14.4. The predicted octanol–water partition coefficient (Wildman–Crippen LogP) is 4.76. The molecule has 27 heavy (non-hydrogen) atoms. The Labute approximate surface area is 155 Å². The molecule has 1 N–H and O–H groups in total. The molecule has 0 radical (unpaired) electrons. The Morgan fingerprint density at radius 1 is 1.04 bits per heavy atom. The van der Waals surface area contributed by atoms with Gasteiger partial charge in [0.15, 0.2) is 12.2 Å². The van der Waals surface area contributed by atoms with Crippen molar-refractivity contribution < 1.29 is 8.81 Å². The maximum absolute atomic E-state index is 14.0. The van der Waals surface area contributed by atoms with E-state index in [0.717, 1.165) is 28.1 Å². The number of H-pyrrole nitrogens is 1. The molecule has 1 unspecified atom stereocenters. The SMILES string of the molecule is Fc1cccc(C2(c3ccccc3)C=Cc3c(-c4cnco4)n[nH]c3C2)c1. The number of nitrogens with one attached hydrogen (secondary N) is 1. The predicted molar refractivity (Wildman–Crippen MR) is 100 cm³/mol. The van der Waals surface area contributed by atoms with Gasteiger partial charge in [0.1, 0.15) is 11.5 Å². The van der Waals surface area contributed by atoms with Crippen molar-refractivity contribution in [1.82, 2.24) is 15.2 Å². The van der Waals surface area contributed by atoms with Crippen LogP contribution in [0, 0.1) is 5.82 Å². The van der Waals surface area contributed by atoms with Crippen LogP contribution in [-0.4, -0.2) is 15.2 Å². The van der Waals surface area contributed by atoms with E-state index in [4.69, 9.17) is 4.42 Å². The minimum Gasteiger partial charge on any atom is -0.442 e. The summed E-state index contributed by atoms with van der Waals surface area (Å²) in [6, 6.07) is 17.0. The first-order chi connectivity index (χ1) is 13.3. The minimum atomic E-state index is -0.471. The minimum absolute atomic E-state index is 0.242. The monoisotopic (exact) mass is 357 g/mol. The van der Waals surface area contributed by atoms with E-state index < -0.39 is 5.41 Å². The molecular formula is C22H16FN3O. The summed E-state index contributed by atoms with van der Waals surface area (Å²) in [6.45, 7) is 0. The zero-order chi connectivity index (χ0) is 18.3. The largest absolute Gasteiger partial charge is 0.442 e. The van der Waals surface area contributed by atoms with Crippen LogP contribution in [-0.2, 0) is 11.8 Å². The van der Waals surface area contributed by atoms with E-state index in [0.29, 0.717) is 12.2 Å². The van der Waals surface area contributed by atoms with Crippen molar-refractivity contribution >= 4 is 6.08 Å². The van der Waals surface area contributed by atoms with E-state index >= 15 is 0 Å². The van der Waals surface area contributed by atoms with Crippen LogP contribution in [0.4, 0.5) is 4.39 Å². The van der Waals surface area contributed by atoms with Gasteiger partial charge >= 0.3 is 0 Å². The molecular weight excluding hydrogens is 341 g/mol. The summed E-state index contributed by atoms with van der Waals surface area (Å²) in [4.78, 5) is 3.97. The summed E-state index contributed by atoms with van der Waals surface area (Å²) in [5, 5.41) is 7.57. The van der Waals surface area contributed by atoms with Gasteiger partial charge in [-0.05, 0) is 23.3 Å². The highest BCUT2D eigenvalue weighted by Gasteiger charge is 2.37. The van der Waals surface area contributed by atoms with Crippen LogP contribution in [0.25, 0.3) is 17.5 Å². The number of hydrogen-bond donors (Lipinski definition) is 1. The van der Waals surface area contributed by atoms with Gasteiger partial charge in [0.2, 0.25) is 0 Å². The highest BCUT2D eigenvalue weighted by atomic mass is 19.1. The van der Waals surface area contributed by atoms with Gasteiger partial charge in [0.25, 0.3) is 0 Å². The van der Waals surface area contributed by atoms with Crippen molar-refractivity contribution in [3.63, 3.8) is 0 Å². The Bertz CT molecular complexity index is 1120. The number of aromatic amines is 1. The summed E-state index contributed by atoms with van der Waals surface area (Å²) in [5.41, 5.74) is 4.24. The molecule has 5 rings (SSSR count). The van der Waals surface area contributed by atoms with E-state index in [9.17, 15) is 4.39 Å². The van der Waals surface area contributed by atoms with Crippen molar-refractivity contribution in [2.24, 2.45) is 0 Å². The number of rotatable bonds is 3. The summed E-state index contributed by atoms with van der Waals surface area (Å²) in [6.07, 6.45) is 7.86. The molecule has 132 valence electrons. The third-order valence-electron chi connectivity index (χ3n) is 5.17. The first kappa shape index (κ1) is 15.8. The molecule has 0 saturated heterocycles. The first-order valence-corrected chi connectivity index (χ1v) is 8.73. The van der Waals surface area contributed by atoms with Crippen molar-refractivity contribution in [2.75, 3.05) is 0 Å². The molecule has 0 amide bonds. The molecule has 0 aliphatic heterocycles. The van der Waals surface area contributed by atoms with E-state index in [1.165, 1.54) is 12.5 Å². The number of benzene rings is 2. The molecule has 2 aromatic carbocycles. The van der Waals surface area contributed by atoms with Crippen molar-refractivity contribution in [3.8, 4) is 11.5 Å². The topological polar surface area (TPSA) is 54.7 Å². The molecule has 1 aliphatic carbocycles. The quantitative estimate of drug-likeness (QED) is 0.575. The lowest BCUT2D eigenvalue weighted by Gasteiger charge is -2.34.